The molecule has 1 rings (SSSR count). The average molecular weight is 200 g/mol. The summed E-state index contributed by atoms with van der Waals surface area (Å²) in [5.74, 6) is -1.05. The van der Waals surface area contributed by atoms with E-state index in [-0.39, 0.29) is 12.2 Å². The van der Waals surface area contributed by atoms with Gasteiger partial charge in [-0.25, -0.2) is 9.59 Å². The van der Waals surface area contributed by atoms with Crippen molar-refractivity contribution in [3.63, 3.8) is 0 Å². The highest BCUT2D eigenvalue weighted by Crippen LogP contribution is 2.15. The third-order valence-corrected chi connectivity index (χ3v) is 1.82. The second-order valence-corrected chi connectivity index (χ2v) is 3.01. The first-order valence-electron chi connectivity index (χ1n) is 4.12. The van der Waals surface area contributed by atoms with E-state index in [0.717, 1.165) is 0 Å². The van der Waals surface area contributed by atoms with Crippen molar-refractivity contribution in [2.75, 3.05) is 13.7 Å². The van der Waals surface area contributed by atoms with Crippen LogP contribution in [0.2, 0.25) is 0 Å². The van der Waals surface area contributed by atoms with Gasteiger partial charge < -0.3 is 14.2 Å². The number of rotatable bonds is 3. The van der Waals surface area contributed by atoms with Gasteiger partial charge in [-0.3, -0.25) is 0 Å². The average Bonchev–Trinajstić information content (AvgIpc) is 2.46. The number of hydrogen-bond acceptors (Lipinski definition) is 5. The highest BCUT2D eigenvalue weighted by molar-refractivity contribution is 5.88. The van der Waals surface area contributed by atoms with Crippen molar-refractivity contribution < 1.29 is 23.8 Å². The summed E-state index contributed by atoms with van der Waals surface area (Å²) in [6.07, 6.45) is -1.49. The van der Waals surface area contributed by atoms with E-state index in [1.165, 1.54) is 14.0 Å². The normalized spacial score (nSPS) is 25.7. The predicted octanol–water partition coefficient (Wildman–Crippen LogP) is 0.0461. The zero-order chi connectivity index (χ0) is 10.7. The largest absolute Gasteiger partial charge is 0.460 e. The summed E-state index contributed by atoms with van der Waals surface area (Å²) in [5.41, 5.74) is 0.277. The van der Waals surface area contributed by atoms with E-state index in [1.54, 1.807) is 0 Å². The van der Waals surface area contributed by atoms with Crippen molar-refractivity contribution in [1.29, 1.82) is 0 Å². The van der Waals surface area contributed by atoms with Gasteiger partial charge in [-0.1, -0.05) is 6.58 Å². The lowest BCUT2D eigenvalue weighted by molar-refractivity contribution is -0.151. The van der Waals surface area contributed by atoms with E-state index in [4.69, 9.17) is 9.47 Å². The summed E-state index contributed by atoms with van der Waals surface area (Å²) in [7, 11) is 1.36. The molecule has 0 radical (unpaired) electrons. The molecule has 0 saturated carbocycles. The van der Waals surface area contributed by atoms with Crippen molar-refractivity contribution in [2.45, 2.75) is 19.1 Å². The Morgan fingerprint density at radius 3 is 2.79 bits per heavy atom. The quantitative estimate of drug-likeness (QED) is 0.475. The van der Waals surface area contributed by atoms with Crippen LogP contribution in [0.5, 0.6) is 0 Å². The van der Waals surface area contributed by atoms with Crippen molar-refractivity contribution in [1.82, 2.24) is 0 Å². The molecule has 0 amide bonds. The van der Waals surface area contributed by atoms with Gasteiger partial charge in [0.15, 0.2) is 12.2 Å². The van der Waals surface area contributed by atoms with Gasteiger partial charge in [-0.05, 0) is 6.92 Å². The van der Waals surface area contributed by atoms with Gasteiger partial charge >= 0.3 is 11.9 Å². The molecule has 5 heteroatoms. The van der Waals surface area contributed by atoms with Crippen LogP contribution in [0.15, 0.2) is 12.2 Å². The highest BCUT2D eigenvalue weighted by atomic mass is 16.6. The molecule has 0 aromatic heterocycles. The molecule has 5 nitrogen and oxygen atoms in total. The Kier molecular flexibility index (Phi) is 3.24. The lowest BCUT2D eigenvalue weighted by Gasteiger charge is -2.14. The first-order valence-corrected chi connectivity index (χ1v) is 4.12. The number of hydrogen-bond donors (Lipinski definition) is 0. The Hall–Kier alpha value is -1.36. The van der Waals surface area contributed by atoms with Crippen molar-refractivity contribution in [3.8, 4) is 0 Å². The number of carbonyl (C=O) groups is 2. The molecule has 2 atom stereocenters. The number of cyclic esters (lactones) is 1. The molecule has 0 bridgehead atoms. The molecule has 0 aromatic carbocycles. The summed E-state index contributed by atoms with van der Waals surface area (Å²) in [4.78, 5) is 22.1. The second-order valence-electron chi connectivity index (χ2n) is 3.01. The fourth-order valence-corrected chi connectivity index (χ4v) is 1.07. The van der Waals surface area contributed by atoms with Crippen LogP contribution in [0.4, 0.5) is 0 Å². The maximum Gasteiger partial charge on any atom is 0.339 e. The number of esters is 2. The van der Waals surface area contributed by atoms with Crippen molar-refractivity contribution >= 4 is 11.9 Å². The summed E-state index contributed by atoms with van der Waals surface area (Å²) in [5, 5.41) is 0. The minimum absolute atomic E-state index is 0.0381. The van der Waals surface area contributed by atoms with E-state index < -0.39 is 24.1 Å². The number of methoxy groups -OCH3 is 1. The fourth-order valence-electron chi connectivity index (χ4n) is 1.07. The molecule has 78 valence electrons. The van der Waals surface area contributed by atoms with E-state index in [9.17, 15) is 9.59 Å². The fraction of sp³-hybridized carbons (Fsp3) is 0.556. The zero-order valence-corrected chi connectivity index (χ0v) is 8.11. The maximum atomic E-state index is 11.1. The number of carbonyl (C=O) groups excluding carboxylic acids is 2. The van der Waals surface area contributed by atoms with E-state index in [1.807, 2.05) is 0 Å². The van der Waals surface area contributed by atoms with Gasteiger partial charge in [-0.15, -0.1) is 0 Å². The minimum Gasteiger partial charge on any atom is -0.460 e. The van der Waals surface area contributed by atoms with Gasteiger partial charge in [0.1, 0.15) is 6.61 Å². The second kappa shape index (κ2) is 4.23. The van der Waals surface area contributed by atoms with Crippen molar-refractivity contribution in [3.05, 3.63) is 12.2 Å². The first-order chi connectivity index (χ1) is 6.56. The molecular formula is C9H12O5. The highest BCUT2D eigenvalue weighted by Gasteiger charge is 2.39. The smallest absolute Gasteiger partial charge is 0.339 e. The lowest BCUT2D eigenvalue weighted by Crippen LogP contribution is -2.33. The summed E-state index contributed by atoms with van der Waals surface area (Å²) in [6, 6.07) is 0. The molecular weight excluding hydrogens is 188 g/mol. The Morgan fingerprint density at radius 2 is 2.29 bits per heavy atom. The first kappa shape index (κ1) is 10.7. The van der Waals surface area contributed by atoms with Crippen LogP contribution in [0.3, 0.4) is 0 Å². The summed E-state index contributed by atoms with van der Waals surface area (Å²) in [6.45, 7) is 4.99. The van der Waals surface area contributed by atoms with Gasteiger partial charge in [-0.2, -0.15) is 0 Å². The third-order valence-electron chi connectivity index (χ3n) is 1.82. The predicted molar refractivity (Wildman–Crippen MR) is 46.5 cm³/mol. The zero-order valence-electron chi connectivity index (χ0n) is 8.11. The van der Waals surface area contributed by atoms with Crippen molar-refractivity contribution in [2.24, 2.45) is 0 Å². The Bertz CT molecular complexity index is 270. The topological polar surface area (TPSA) is 61.8 Å². The molecule has 0 aromatic rings. The summed E-state index contributed by atoms with van der Waals surface area (Å²) >= 11 is 0. The third kappa shape index (κ3) is 2.11. The SMILES string of the molecule is C=C(C)C(=O)OC1COC(=O)C1OC. The molecule has 1 fully saturated rings. The maximum absolute atomic E-state index is 11.1. The molecule has 0 aliphatic carbocycles. The van der Waals surface area contributed by atoms with Crippen LogP contribution in [0.1, 0.15) is 6.92 Å². The number of ether oxygens (including phenoxy) is 3. The van der Waals surface area contributed by atoms with Gasteiger partial charge in [0, 0.05) is 12.7 Å². The van der Waals surface area contributed by atoms with Crippen LogP contribution in [-0.2, 0) is 23.8 Å². The lowest BCUT2D eigenvalue weighted by atomic mass is 10.2. The molecule has 1 heterocycles. The van der Waals surface area contributed by atoms with Gasteiger partial charge in [0.2, 0.25) is 0 Å². The molecule has 0 N–H and O–H groups in total. The Morgan fingerprint density at radius 1 is 1.64 bits per heavy atom. The van der Waals surface area contributed by atoms with E-state index >= 15 is 0 Å². The van der Waals surface area contributed by atoms with Crippen LogP contribution in [0, 0.1) is 0 Å². The van der Waals surface area contributed by atoms with Crippen LogP contribution in [0.25, 0.3) is 0 Å². The molecule has 0 spiro atoms. The molecule has 14 heavy (non-hydrogen) atoms. The Labute approximate surface area is 81.6 Å². The molecule has 1 aliphatic rings. The monoisotopic (exact) mass is 200 g/mol. The summed E-state index contributed by atoms with van der Waals surface area (Å²) < 4.78 is 14.5. The Balaban J connectivity index is 2.57. The standard InChI is InChI=1S/C9H12O5/c1-5(2)8(10)14-6-4-13-9(11)7(6)12-3/h6-7H,1,4H2,2-3H3. The van der Waals surface area contributed by atoms with Crippen LogP contribution < -0.4 is 0 Å². The molecule has 1 aliphatic heterocycles. The minimum atomic E-state index is -0.821. The van der Waals surface area contributed by atoms with Crippen LogP contribution in [-0.4, -0.2) is 37.9 Å². The van der Waals surface area contributed by atoms with E-state index in [2.05, 4.69) is 11.3 Å². The molecule has 2 unspecified atom stereocenters. The van der Waals surface area contributed by atoms with Crippen LogP contribution >= 0.6 is 0 Å². The molecule has 1 saturated heterocycles. The van der Waals surface area contributed by atoms with Gasteiger partial charge in [0.25, 0.3) is 0 Å². The van der Waals surface area contributed by atoms with E-state index in [0.29, 0.717) is 0 Å². The van der Waals surface area contributed by atoms with Gasteiger partial charge in [0.05, 0.1) is 0 Å².